The quantitative estimate of drug-likeness (QED) is 0.573. The topological polar surface area (TPSA) is 89.5 Å². The van der Waals surface area contributed by atoms with E-state index in [1.807, 2.05) is 4.90 Å². The summed E-state index contributed by atoms with van der Waals surface area (Å²) in [7, 11) is -2.30. The number of carbonyl (C=O) groups is 1. The molecule has 0 unspecified atom stereocenters. The van der Waals surface area contributed by atoms with Crippen LogP contribution in [-0.2, 0) is 14.9 Å². The Morgan fingerprint density at radius 2 is 2.00 bits per heavy atom. The molecular weight excluding hydrogens is 220 g/mol. The van der Waals surface area contributed by atoms with Gasteiger partial charge >= 0.3 is 0 Å². The lowest BCUT2D eigenvalue weighted by molar-refractivity contribution is -0.119. The molecule has 0 saturated heterocycles. The van der Waals surface area contributed by atoms with E-state index in [0.717, 1.165) is 0 Å². The average Bonchev–Trinajstić information content (AvgIpc) is 2.00. The zero-order valence-corrected chi connectivity index (χ0v) is 9.84. The summed E-state index contributed by atoms with van der Waals surface area (Å²) in [5, 5.41) is 2.62. The summed E-state index contributed by atoms with van der Waals surface area (Å²) in [4.78, 5) is 12.4. The van der Waals surface area contributed by atoms with E-state index in [0.29, 0.717) is 26.1 Å². The van der Waals surface area contributed by atoms with Crippen LogP contribution in [0.15, 0.2) is 0 Å². The monoisotopic (exact) mass is 237 g/mol. The van der Waals surface area contributed by atoms with Gasteiger partial charge in [-0.1, -0.05) is 0 Å². The number of amides is 1. The third kappa shape index (κ3) is 11.3. The predicted molar refractivity (Wildman–Crippen MR) is 55.4 cm³/mol. The van der Waals surface area contributed by atoms with Crippen LogP contribution in [0.2, 0.25) is 0 Å². The van der Waals surface area contributed by atoms with Crippen molar-refractivity contribution in [3.8, 4) is 0 Å². The minimum Gasteiger partial charge on any atom is -0.748 e. The first-order valence-electron chi connectivity index (χ1n) is 4.68. The van der Waals surface area contributed by atoms with E-state index in [2.05, 4.69) is 5.32 Å². The third-order valence-corrected chi connectivity index (χ3v) is 2.59. The fourth-order valence-corrected chi connectivity index (χ4v) is 1.53. The minimum atomic E-state index is -4.10. The molecular formula is C8H17N2O4S-. The molecule has 0 aromatic rings. The van der Waals surface area contributed by atoms with Crippen molar-refractivity contribution in [2.75, 3.05) is 32.4 Å². The highest BCUT2D eigenvalue weighted by Gasteiger charge is 2.00. The fourth-order valence-electron chi connectivity index (χ4n) is 1.05. The molecule has 0 aliphatic rings. The van der Waals surface area contributed by atoms with Crippen molar-refractivity contribution in [3.05, 3.63) is 0 Å². The van der Waals surface area contributed by atoms with Crippen molar-refractivity contribution in [1.29, 1.82) is 0 Å². The molecule has 6 nitrogen and oxygen atoms in total. The van der Waals surface area contributed by atoms with Crippen LogP contribution in [0.1, 0.15) is 13.3 Å². The first-order valence-corrected chi connectivity index (χ1v) is 6.25. The molecule has 0 fully saturated rings. The molecule has 0 heterocycles. The highest BCUT2D eigenvalue weighted by Crippen LogP contribution is 1.91. The summed E-state index contributed by atoms with van der Waals surface area (Å²) in [5.41, 5.74) is 0. The van der Waals surface area contributed by atoms with E-state index in [1.54, 1.807) is 7.05 Å². The van der Waals surface area contributed by atoms with Crippen LogP contribution in [0.25, 0.3) is 0 Å². The lowest BCUT2D eigenvalue weighted by Gasteiger charge is -2.16. The maximum atomic E-state index is 10.5. The summed E-state index contributed by atoms with van der Waals surface area (Å²) in [6, 6.07) is 0. The maximum absolute atomic E-state index is 10.5. The molecule has 90 valence electrons. The summed E-state index contributed by atoms with van der Waals surface area (Å²) < 4.78 is 30.9. The molecule has 15 heavy (non-hydrogen) atoms. The van der Waals surface area contributed by atoms with Crippen LogP contribution in [0.4, 0.5) is 0 Å². The van der Waals surface area contributed by atoms with Gasteiger partial charge in [0.2, 0.25) is 5.91 Å². The largest absolute Gasteiger partial charge is 0.748 e. The molecule has 0 radical (unpaired) electrons. The Kier molecular flexibility index (Phi) is 6.46. The Hall–Kier alpha value is -0.660. The van der Waals surface area contributed by atoms with Gasteiger partial charge in [-0.2, -0.15) is 0 Å². The number of nitrogens with zero attached hydrogens (tertiary/aromatic N) is 1. The van der Waals surface area contributed by atoms with Gasteiger partial charge in [-0.15, -0.1) is 0 Å². The Morgan fingerprint density at radius 3 is 2.47 bits per heavy atom. The molecule has 0 aliphatic heterocycles. The Balaban J connectivity index is 3.49. The van der Waals surface area contributed by atoms with Gasteiger partial charge in [-0.05, 0) is 20.0 Å². The van der Waals surface area contributed by atoms with Crippen LogP contribution >= 0.6 is 0 Å². The summed E-state index contributed by atoms with van der Waals surface area (Å²) in [5.74, 6) is -0.428. The smallest absolute Gasteiger partial charge is 0.216 e. The second-order valence-electron chi connectivity index (χ2n) is 3.40. The van der Waals surface area contributed by atoms with Gasteiger partial charge < -0.3 is 14.8 Å². The second kappa shape index (κ2) is 6.76. The van der Waals surface area contributed by atoms with E-state index >= 15 is 0 Å². The number of nitrogens with one attached hydrogen (secondary N) is 1. The highest BCUT2D eigenvalue weighted by atomic mass is 32.2. The van der Waals surface area contributed by atoms with Gasteiger partial charge in [-0.25, -0.2) is 8.42 Å². The predicted octanol–water partition coefficient (Wildman–Crippen LogP) is -1.01. The second-order valence-corrected chi connectivity index (χ2v) is 4.93. The zero-order valence-electron chi connectivity index (χ0n) is 9.02. The molecule has 0 rings (SSSR count). The third-order valence-electron chi connectivity index (χ3n) is 1.80. The van der Waals surface area contributed by atoms with E-state index in [-0.39, 0.29) is 11.7 Å². The minimum absolute atomic E-state index is 0.0921. The number of likely N-dealkylation sites (N-methyl/N-ethyl adjacent to an activating group) is 1. The van der Waals surface area contributed by atoms with Gasteiger partial charge in [0.1, 0.15) is 0 Å². The summed E-state index contributed by atoms with van der Waals surface area (Å²) >= 11 is 0. The van der Waals surface area contributed by atoms with Crippen LogP contribution in [-0.4, -0.2) is 56.2 Å². The normalized spacial score (nSPS) is 11.7. The standard InChI is InChI=1S/C8H18N2O4S/c1-8(11)9-4-6-10(2)5-3-7-15(12,13)14/h3-7H2,1-2H3,(H,9,11)(H,12,13,14)/p-1. The van der Waals surface area contributed by atoms with Crippen LogP contribution in [0, 0.1) is 0 Å². The number of hydrogen-bond donors (Lipinski definition) is 1. The van der Waals surface area contributed by atoms with E-state index < -0.39 is 10.1 Å². The Morgan fingerprint density at radius 1 is 1.40 bits per heavy atom. The van der Waals surface area contributed by atoms with Gasteiger partial charge in [0.05, 0.1) is 10.1 Å². The van der Waals surface area contributed by atoms with Crippen molar-refractivity contribution < 1.29 is 17.8 Å². The van der Waals surface area contributed by atoms with Crippen molar-refractivity contribution in [2.24, 2.45) is 0 Å². The van der Waals surface area contributed by atoms with E-state index in [9.17, 15) is 17.8 Å². The number of carbonyl (C=O) groups excluding carboxylic acids is 1. The molecule has 0 aromatic carbocycles. The molecule has 0 atom stereocenters. The molecule has 0 aromatic heterocycles. The van der Waals surface area contributed by atoms with E-state index in [4.69, 9.17) is 0 Å². The Labute approximate surface area is 90.4 Å². The Bertz CT molecular complexity index is 289. The zero-order chi connectivity index (χ0) is 11.9. The van der Waals surface area contributed by atoms with Crippen molar-refractivity contribution in [3.63, 3.8) is 0 Å². The molecule has 1 N–H and O–H groups in total. The average molecular weight is 237 g/mol. The molecule has 1 amide bonds. The molecule has 0 spiro atoms. The van der Waals surface area contributed by atoms with Crippen LogP contribution in [0.3, 0.4) is 0 Å². The first-order chi connectivity index (χ1) is 6.81. The highest BCUT2D eigenvalue weighted by molar-refractivity contribution is 7.85. The molecule has 0 aliphatic carbocycles. The molecule has 0 bridgehead atoms. The van der Waals surface area contributed by atoms with Gasteiger partial charge in [-0.3, -0.25) is 4.79 Å². The lowest BCUT2D eigenvalue weighted by atomic mass is 10.4. The lowest BCUT2D eigenvalue weighted by Crippen LogP contribution is -2.32. The molecule has 7 heteroatoms. The SMILES string of the molecule is CC(=O)NCCN(C)CCCS(=O)(=O)[O-]. The van der Waals surface area contributed by atoms with Crippen molar-refractivity contribution in [2.45, 2.75) is 13.3 Å². The van der Waals surface area contributed by atoms with Crippen LogP contribution in [0.5, 0.6) is 0 Å². The summed E-state index contributed by atoms with van der Waals surface area (Å²) in [6.45, 7) is 3.12. The number of hydrogen-bond acceptors (Lipinski definition) is 5. The van der Waals surface area contributed by atoms with Gasteiger partial charge in [0.15, 0.2) is 0 Å². The van der Waals surface area contributed by atoms with Crippen molar-refractivity contribution >= 4 is 16.0 Å². The van der Waals surface area contributed by atoms with Crippen LogP contribution < -0.4 is 5.32 Å². The first kappa shape index (κ1) is 14.3. The number of rotatable bonds is 7. The van der Waals surface area contributed by atoms with E-state index in [1.165, 1.54) is 6.92 Å². The van der Waals surface area contributed by atoms with Gasteiger partial charge in [0.25, 0.3) is 0 Å². The fraction of sp³-hybridized carbons (Fsp3) is 0.875. The van der Waals surface area contributed by atoms with Gasteiger partial charge in [0, 0.05) is 25.8 Å². The molecule has 0 saturated carbocycles. The maximum Gasteiger partial charge on any atom is 0.216 e. The van der Waals surface area contributed by atoms with Crippen molar-refractivity contribution in [1.82, 2.24) is 10.2 Å². The summed E-state index contributed by atoms with van der Waals surface area (Å²) in [6.07, 6.45) is 0.322.